The highest BCUT2D eigenvalue weighted by Crippen LogP contribution is 2.31. The number of aromatic nitrogens is 3. The van der Waals surface area contributed by atoms with Crippen LogP contribution in [-0.4, -0.2) is 34.9 Å². The second kappa shape index (κ2) is 9.78. The van der Waals surface area contributed by atoms with Gasteiger partial charge in [-0.2, -0.15) is 5.10 Å². The van der Waals surface area contributed by atoms with Gasteiger partial charge in [-0.15, -0.1) is 0 Å². The van der Waals surface area contributed by atoms with Crippen LogP contribution in [-0.2, 0) is 0 Å². The standard InChI is InChI=1S/C30H28N4O3/c1-18-6-9-22(10-7-18)34-20(3)27(17-31-34)29-16-26(25-12-19(2)8-11-28(25)33-29)30(35)32-21-13-23(36-4)15-24(14-21)37-5/h6-17H,1-5H3,(H,32,35). The van der Waals surface area contributed by atoms with E-state index in [-0.39, 0.29) is 5.91 Å². The van der Waals surface area contributed by atoms with E-state index in [4.69, 9.17) is 14.5 Å². The third kappa shape index (κ3) is 4.76. The Bertz CT molecular complexity index is 1600. The van der Waals surface area contributed by atoms with Crippen LogP contribution in [0.5, 0.6) is 11.5 Å². The molecule has 7 heteroatoms. The number of hydrogen-bond acceptors (Lipinski definition) is 5. The number of aryl methyl sites for hydroxylation is 2. The van der Waals surface area contributed by atoms with Crippen molar-refractivity contribution in [3.05, 3.63) is 95.3 Å². The van der Waals surface area contributed by atoms with E-state index in [1.165, 1.54) is 5.56 Å². The summed E-state index contributed by atoms with van der Waals surface area (Å²) in [6.45, 7) is 6.06. The topological polar surface area (TPSA) is 78.3 Å². The Balaban J connectivity index is 1.59. The highest BCUT2D eigenvalue weighted by atomic mass is 16.5. The Morgan fingerprint density at radius 1 is 0.838 bits per heavy atom. The first-order valence-electron chi connectivity index (χ1n) is 11.9. The Kier molecular flexibility index (Phi) is 6.36. The number of anilines is 1. The summed E-state index contributed by atoms with van der Waals surface area (Å²) in [7, 11) is 3.15. The molecule has 0 unspecified atom stereocenters. The number of fused-ring (bicyclic) bond motifs is 1. The largest absolute Gasteiger partial charge is 0.497 e. The summed E-state index contributed by atoms with van der Waals surface area (Å²) in [6.07, 6.45) is 1.80. The predicted molar refractivity (Wildman–Crippen MR) is 146 cm³/mol. The summed E-state index contributed by atoms with van der Waals surface area (Å²) in [4.78, 5) is 18.5. The molecule has 2 aromatic heterocycles. The average Bonchev–Trinajstić information content (AvgIpc) is 3.29. The van der Waals surface area contributed by atoms with Crippen LogP contribution in [0.4, 0.5) is 5.69 Å². The number of methoxy groups -OCH3 is 2. The predicted octanol–water partition coefficient (Wildman–Crippen LogP) is 6.28. The van der Waals surface area contributed by atoms with E-state index >= 15 is 0 Å². The van der Waals surface area contributed by atoms with Gasteiger partial charge in [0.15, 0.2) is 0 Å². The summed E-state index contributed by atoms with van der Waals surface area (Å²) in [5.41, 5.74) is 7.51. The van der Waals surface area contributed by atoms with E-state index in [1.54, 1.807) is 38.6 Å². The number of ether oxygens (including phenoxy) is 2. The molecule has 1 N–H and O–H groups in total. The van der Waals surface area contributed by atoms with Crippen molar-refractivity contribution >= 4 is 22.5 Å². The molecule has 1 amide bonds. The summed E-state index contributed by atoms with van der Waals surface area (Å²) in [5.74, 6) is 0.924. The van der Waals surface area contributed by atoms with E-state index in [1.807, 2.05) is 54.9 Å². The van der Waals surface area contributed by atoms with Crippen LogP contribution < -0.4 is 14.8 Å². The quantitative estimate of drug-likeness (QED) is 0.302. The van der Waals surface area contributed by atoms with E-state index in [9.17, 15) is 4.79 Å². The number of nitrogens with one attached hydrogen (secondary N) is 1. The van der Waals surface area contributed by atoms with E-state index in [0.29, 0.717) is 28.4 Å². The molecule has 37 heavy (non-hydrogen) atoms. The van der Waals surface area contributed by atoms with E-state index in [2.05, 4.69) is 29.5 Å². The number of amides is 1. The number of pyridine rings is 1. The highest BCUT2D eigenvalue weighted by Gasteiger charge is 2.18. The van der Waals surface area contributed by atoms with Crippen molar-refractivity contribution in [3.8, 4) is 28.4 Å². The molecule has 0 radical (unpaired) electrons. The molecular weight excluding hydrogens is 464 g/mol. The number of carbonyl (C=O) groups excluding carboxylic acids is 1. The zero-order valence-corrected chi connectivity index (χ0v) is 21.5. The average molecular weight is 493 g/mol. The molecule has 5 aromatic rings. The molecule has 0 spiro atoms. The van der Waals surface area contributed by atoms with Gasteiger partial charge in [0.25, 0.3) is 5.91 Å². The molecule has 2 heterocycles. The maximum Gasteiger partial charge on any atom is 0.256 e. The maximum absolute atomic E-state index is 13.6. The third-order valence-electron chi connectivity index (χ3n) is 6.38. The van der Waals surface area contributed by atoms with Gasteiger partial charge in [0.05, 0.1) is 48.6 Å². The number of nitrogens with zero attached hydrogens (tertiary/aromatic N) is 3. The second-order valence-corrected chi connectivity index (χ2v) is 9.02. The smallest absolute Gasteiger partial charge is 0.256 e. The van der Waals surface area contributed by atoms with Crippen molar-refractivity contribution in [2.75, 3.05) is 19.5 Å². The van der Waals surface area contributed by atoms with Crippen LogP contribution in [0.1, 0.15) is 27.2 Å². The molecule has 0 saturated heterocycles. The monoisotopic (exact) mass is 492 g/mol. The van der Waals surface area contributed by atoms with Gasteiger partial charge in [-0.1, -0.05) is 29.3 Å². The van der Waals surface area contributed by atoms with E-state index < -0.39 is 0 Å². The summed E-state index contributed by atoms with van der Waals surface area (Å²) < 4.78 is 12.6. The van der Waals surface area contributed by atoms with Crippen LogP contribution in [0.15, 0.2) is 72.9 Å². The number of rotatable bonds is 6. The van der Waals surface area contributed by atoms with Crippen molar-refractivity contribution in [1.82, 2.24) is 14.8 Å². The molecule has 0 fully saturated rings. The van der Waals surface area contributed by atoms with Gasteiger partial charge in [0.2, 0.25) is 0 Å². The van der Waals surface area contributed by atoms with Crippen molar-refractivity contribution < 1.29 is 14.3 Å². The van der Waals surface area contributed by atoms with Crippen LogP contribution in [0.2, 0.25) is 0 Å². The minimum atomic E-state index is -0.252. The summed E-state index contributed by atoms with van der Waals surface area (Å²) in [5, 5.41) is 8.39. The minimum absolute atomic E-state index is 0.252. The first kappa shape index (κ1) is 24.1. The molecule has 0 saturated carbocycles. The SMILES string of the molecule is COc1cc(NC(=O)c2cc(-c3cnn(-c4ccc(C)cc4)c3C)nc3ccc(C)cc23)cc(OC)c1. The zero-order valence-electron chi connectivity index (χ0n) is 21.5. The zero-order chi connectivity index (χ0) is 26.1. The van der Waals surface area contributed by atoms with Gasteiger partial charge in [0.1, 0.15) is 11.5 Å². The molecular formula is C30H28N4O3. The summed E-state index contributed by atoms with van der Waals surface area (Å²) in [6, 6.07) is 21.2. The normalized spacial score (nSPS) is 10.9. The first-order chi connectivity index (χ1) is 17.9. The number of benzene rings is 3. The highest BCUT2D eigenvalue weighted by molar-refractivity contribution is 6.13. The first-order valence-corrected chi connectivity index (χ1v) is 11.9. The van der Waals surface area contributed by atoms with Crippen molar-refractivity contribution in [2.45, 2.75) is 20.8 Å². The number of hydrogen-bond donors (Lipinski definition) is 1. The van der Waals surface area contributed by atoms with Crippen LogP contribution in [0, 0.1) is 20.8 Å². The lowest BCUT2D eigenvalue weighted by atomic mass is 10.0. The fourth-order valence-corrected chi connectivity index (χ4v) is 4.35. The minimum Gasteiger partial charge on any atom is -0.497 e. The van der Waals surface area contributed by atoms with Crippen LogP contribution in [0.3, 0.4) is 0 Å². The van der Waals surface area contributed by atoms with Crippen molar-refractivity contribution in [2.24, 2.45) is 0 Å². The van der Waals surface area contributed by atoms with Crippen molar-refractivity contribution in [1.29, 1.82) is 0 Å². The maximum atomic E-state index is 13.6. The molecule has 3 aromatic carbocycles. The molecule has 7 nitrogen and oxygen atoms in total. The lowest BCUT2D eigenvalue weighted by Gasteiger charge is -2.13. The molecule has 0 aliphatic heterocycles. The summed E-state index contributed by atoms with van der Waals surface area (Å²) >= 11 is 0. The molecule has 0 aliphatic rings. The molecule has 5 rings (SSSR count). The fourth-order valence-electron chi connectivity index (χ4n) is 4.35. The van der Waals surface area contributed by atoms with Gasteiger partial charge >= 0.3 is 0 Å². The van der Waals surface area contributed by atoms with Gasteiger partial charge < -0.3 is 14.8 Å². The second-order valence-electron chi connectivity index (χ2n) is 9.02. The third-order valence-corrected chi connectivity index (χ3v) is 6.38. The Labute approximate surface area is 215 Å². The Morgan fingerprint density at radius 2 is 1.51 bits per heavy atom. The van der Waals surface area contributed by atoms with Crippen molar-refractivity contribution in [3.63, 3.8) is 0 Å². The Morgan fingerprint density at radius 3 is 2.19 bits per heavy atom. The lowest BCUT2D eigenvalue weighted by Crippen LogP contribution is -2.13. The molecule has 0 aliphatic carbocycles. The van der Waals surface area contributed by atoms with Crippen LogP contribution in [0.25, 0.3) is 27.8 Å². The van der Waals surface area contributed by atoms with E-state index in [0.717, 1.165) is 33.4 Å². The van der Waals surface area contributed by atoms with Gasteiger partial charge in [-0.3, -0.25) is 4.79 Å². The van der Waals surface area contributed by atoms with Gasteiger partial charge in [-0.05, 0) is 51.1 Å². The fraction of sp³-hybridized carbons (Fsp3) is 0.167. The van der Waals surface area contributed by atoms with Crippen LogP contribution >= 0.6 is 0 Å². The van der Waals surface area contributed by atoms with Gasteiger partial charge in [0, 0.05) is 34.8 Å². The Hall–Kier alpha value is -4.65. The number of carbonyl (C=O) groups is 1. The molecule has 186 valence electrons. The molecule has 0 bridgehead atoms. The van der Waals surface area contributed by atoms with Gasteiger partial charge in [-0.25, -0.2) is 9.67 Å². The molecule has 0 atom stereocenters. The lowest BCUT2D eigenvalue weighted by molar-refractivity contribution is 0.102.